The SMILES string of the molecule is CCC1=C(C)C2=Cc3ccc(OC)c(c3)C(=O)c3cc(ccc3OC)C=c3[nH]c(c(CC)c3C)=CC1=N2.O=C(O)C(F)(F)F. The number of carboxylic acid groups (broad SMARTS) is 1. The van der Waals surface area contributed by atoms with Gasteiger partial charge < -0.3 is 19.6 Å². The summed E-state index contributed by atoms with van der Waals surface area (Å²) in [6, 6.07) is 11.4. The van der Waals surface area contributed by atoms with Gasteiger partial charge in [0.2, 0.25) is 5.78 Å². The third-order valence-corrected chi connectivity index (χ3v) is 7.62. The largest absolute Gasteiger partial charge is 0.496 e. The zero-order valence-corrected chi connectivity index (χ0v) is 25.3. The van der Waals surface area contributed by atoms with Crippen molar-refractivity contribution in [2.24, 2.45) is 4.99 Å². The number of halogens is 3. The number of aliphatic imine (C=N–C) groups is 1. The van der Waals surface area contributed by atoms with Gasteiger partial charge in [0.05, 0.1) is 36.8 Å². The first kappa shape index (κ1) is 32.1. The lowest BCUT2D eigenvalue weighted by Crippen LogP contribution is -2.21. The number of carboxylic acids is 1. The Kier molecular flexibility index (Phi) is 9.32. The Morgan fingerprint density at radius 2 is 1.43 bits per heavy atom. The highest BCUT2D eigenvalue weighted by atomic mass is 19.4. The fourth-order valence-electron chi connectivity index (χ4n) is 5.33. The Balaban J connectivity index is 0.000000566. The molecule has 1 aromatic heterocycles. The maximum absolute atomic E-state index is 13.9. The predicted octanol–water partition coefficient (Wildman–Crippen LogP) is 5.91. The molecule has 5 rings (SSSR count). The Morgan fingerprint density at radius 1 is 0.886 bits per heavy atom. The second-order valence-electron chi connectivity index (χ2n) is 10.2. The molecule has 3 heterocycles. The third kappa shape index (κ3) is 6.39. The number of aliphatic carboxylic acids is 1. The molecule has 44 heavy (non-hydrogen) atoms. The van der Waals surface area contributed by atoms with E-state index >= 15 is 0 Å². The number of hydrogen-bond acceptors (Lipinski definition) is 5. The molecule has 0 aliphatic carbocycles. The summed E-state index contributed by atoms with van der Waals surface area (Å²) in [6.07, 6.45) is 3.02. The fourth-order valence-corrected chi connectivity index (χ4v) is 5.33. The van der Waals surface area contributed by atoms with Crippen LogP contribution in [0.25, 0.3) is 18.2 Å². The van der Waals surface area contributed by atoms with Crippen LogP contribution in [0.3, 0.4) is 0 Å². The number of ether oxygens (including phenoxy) is 2. The highest BCUT2D eigenvalue weighted by molar-refractivity contribution is 6.23. The van der Waals surface area contributed by atoms with Crippen LogP contribution >= 0.6 is 0 Å². The maximum Gasteiger partial charge on any atom is 0.490 e. The van der Waals surface area contributed by atoms with E-state index in [1.165, 1.54) is 16.7 Å². The molecule has 2 aliphatic heterocycles. The lowest BCUT2D eigenvalue weighted by atomic mass is 9.96. The minimum Gasteiger partial charge on any atom is -0.496 e. The third-order valence-electron chi connectivity index (χ3n) is 7.62. The van der Waals surface area contributed by atoms with Gasteiger partial charge in [0.25, 0.3) is 0 Å². The average molecular weight is 607 g/mol. The number of allylic oxidation sites excluding steroid dienone is 2. The molecule has 7 nitrogen and oxygen atoms in total. The van der Waals surface area contributed by atoms with Gasteiger partial charge in [-0.2, -0.15) is 13.2 Å². The zero-order valence-electron chi connectivity index (χ0n) is 25.3. The topological polar surface area (TPSA) is 101 Å². The van der Waals surface area contributed by atoms with Crippen molar-refractivity contribution in [3.05, 3.63) is 97.3 Å². The molecular formula is C34H33F3N2O5. The van der Waals surface area contributed by atoms with Crippen LogP contribution in [0.2, 0.25) is 0 Å². The molecule has 2 aliphatic rings. The van der Waals surface area contributed by atoms with E-state index in [0.29, 0.717) is 22.6 Å². The molecule has 0 unspecified atom stereocenters. The molecule has 230 valence electrons. The smallest absolute Gasteiger partial charge is 0.490 e. The number of H-pyrrole nitrogens is 1. The van der Waals surface area contributed by atoms with Crippen molar-refractivity contribution < 1.29 is 37.3 Å². The Hall–Kier alpha value is -4.86. The number of fused-ring (bicyclic) bond motifs is 7. The quantitative estimate of drug-likeness (QED) is 0.385. The lowest BCUT2D eigenvalue weighted by molar-refractivity contribution is -0.192. The number of benzene rings is 2. The molecule has 0 spiro atoms. The van der Waals surface area contributed by atoms with Crippen LogP contribution in [-0.4, -0.2) is 48.0 Å². The number of carbonyl (C=O) groups excluding carboxylic acids is 1. The minimum absolute atomic E-state index is 0.153. The van der Waals surface area contributed by atoms with E-state index in [-0.39, 0.29) is 5.78 Å². The van der Waals surface area contributed by atoms with Crippen LogP contribution < -0.4 is 20.2 Å². The second-order valence-corrected chi connectivity index (χ2v) is 10.2. The molecule has 2 N–H and O–H groups in total. The van der Waals surface area contributed by atoms with Crippen LogP contribution in [0.15, 0.2) is 58.2 Å². The van der Waals surface area contributed by atoms with Crippen molar-refractivity contribution in [1.29, 1.82) is 0 Å². The van der Waals surface area contributed by atoms with Crippen LogP contribution in [0, 0.1) is 6.92 Å². The molecule has 0 radical (unpaired) electrons. The molecule has 0 atom stereocenters. The molecule has 0 saturated carbocycles. The zero-order chi connectivity index (χ0) is 32.3. The number of ketones is 1. The summed E-state index contributed by atoms with van der Waals surface area (Å²) in [4.78, 5) is 31.5. The molecule has 0 fully saturated rings. The molecule has 2 aromatic carbocycles. The van der Waals surface area contributed by atoms with Crippen molar-refractivity contribution in [2.45, 2.75) is 46.7 Å². The number of alkyl halides is 3. The minimum atomic E-state index is -5.08. The predicted molar refractivity (Wildman–Crippen MR) is 164 cm³/mol. The van der Waals surface area contributed by atoms with Crippen molar-refractivity contribution in [1.82, 2.24) is 4.98 Å². The number of aromatic amines is 1. The molecule has 3 aromatic rings. The summed E-state index contributed by atoms with van der Waals surface area (Å²) < 4.78 is 42.9. The number of methoxy groups -OCH3 is 2. The van der Waals surface area contributed by atoms with Crippen molar-refractivity contribution >= 4 is 35.7 Å². The van der Waals surface area contributed by atoms with Gasteiger partial charge in [-0.3, -0.25) is 4.79 Å². The van der Waals surface area contributed by atoms with Crippen molar-refractivity contribution in [2.75, 3.05) is 14.2 Å². The summed E-state index contributed by atoms with van der Waals surface area (Å²) in [5, 5.41) is 9.22. The monoisotopic (exact) mass is 606 g/mol. The van der Waals surface area contributed by atoms with Gasteiger partial charge in [-0.25, -0.2) is 9.79 Å². The number of carbonyl (C=O) groups is 2. The highest BCUT2D eigenvalue weighted by Gasteiger charge is 2.38. The Bertz CT molecular complexity index is 1860. The first-order chi connectivity index (χ1) is 20.8. The number of hydrogen-bond donors (Lipinski definition) is 2. The first-order valence-electron chi connectivity index (χ1n) is 14.0. The first-order valence-corrected chi connectivity index (χ1v) is 14.0. The summed E-state index contributed by atoms with van der Waals surface area (Å²) in [5.74, 6) is -1.86. The second kappa shape index (κ2) is 12.8. The Labute approximate surface area is 252 Å². The number of nitrogens with one attached hydrogen (secondary N) is 1. The summed E-state index contributed by atoms with van der Waals surface area (Å²) in [7, 11) is 3.17. The summed E-state index contributed by atoms with van der Waals surface area (Å²) in [5.41, 5.74) is 9.52. The average Bonchev–Trinajstić information content (AvgIpc) is 3.45. The Morgan fingerprint density at radius 3 is 1.91 bits per heavy atom. The van der Waals surface area contributed by atoms with E-state index in [1.54, 1.807) is 14.2 Å². The highest BCUT2D eigenvalue weighted by Crippen LogP contribution is 2.32. The van der Waals surface area contributed by atoms with Gasteiger partial charge in [-0.1, -0.05) is 26.0 Å². The molecule has 8 bridgehead atoms. The number of rotatable bonds is 4. The van der Waals surface area contributed by atoms with Gasteiger partial charge in [0.1, 0.15) is 11.5 Å². The number of nitrogens with zero attached hydrogens (tertiary/aromatic N) is 1. The van der Waals surface area contributed by atoms with Gasteiger partial charge >= 0.3 is 12.1 Å². The van der Waals surface area contributed by atoms with E-state index in [1.807, 2.05) is 42.5 Å². The van der Waals surface area contributed by atoms with Gasteiger partial charge in [-0.05, 0) is 103 Å². The van der Waals surface area contributed by atoms with Gasteiger partial charge in [0, 0.05) is 10.7 Å². The van der Waals surface area contributed by atoms with E-state index < -0.39 is 12.1 Å². The normalized spacial score (nSPS) is 14.1. The summed E-state index contributed by atoms with van der Waals surface area (Å²) in [6.45, 7) is 8.60. The van der Waals surface area contributed by atoms with E-state index in [9.17, 15) is 18.0 Å². The molecular weight excluding hydrogens is 573 g/mol. The van der Waals surface area contributed by atoms with E-state index in [2.05, 4.69) is 44.8 Å². The lowest BCUT2D eigenvalue weighted by Gasteiger charge is -2.12. The molecule has 0 saturated heterocycles. The van der Waals surface area contributed by atoms with Crippen LogP contribution in [-0.2, 0) is 11.2 Å². The summed E-state index contributed by atoms with van der Waals surface area (Å²) >= 11 is 0. The van der Waals surface area contributed by atoms with Crippen LogP contribution in [0.4, 0.5) is 13.2 Å². The standard InChI is InChI=1S/C32H32N2O3.C2HF3O2/c1-7-22-18(3)26-15-20-9-11-30(36-5)24(13-20)32(35)25-14-21(10-12-31(25)37-6)16-27-19(4)23(8-2)29(34-27)17-28(22)33-26;3-2(4,5)1(6)7/h9-17,33H,7-8H2,1-6H3;(H,6,7). The van der Waals surface area contributed by atoms with Crippen molar-refractivity contribution in [3.8, 4) is 11.5 Å². The van der Waals surface area contributed by atoms with Crippen LogP contribution in [0.5, 0.6) is 11.5 Å². The van der Waals surface area contributed by atoms with E-state index in [4.69, 9.17) is 24.4 Å². The van der Waals surface area contributed by atoms with Gasteiger partial charge in [-0.15, -0.1) is 0 Å². The molecule has 0 amide bonds. The fraction of sp³-hybridized carbons (Fsp3) is 0.265. The van der Waals surface area contributed by atoms with Gasteiger partial charge in [0.15, 0.2) is 0 Å². The van der Waals surface area contributed by atoms with Crippen molar-refractivity contribution in [3.63, 3.8) is 0 Å². The maximum atomic E-state index is 13.9. The number of aromatic nitrogens is 1. The molecule has 10 heteroatoms. The van der Waals surface area contributed by atoms with Crippen LogP contribution in [0.1, 0.15) is 65.4 Å². The van der Waals surface area contributed by atoms with E-state index in [0.717, 1.165) is 51.6 Å².